The molecular weight excluding hydrogens is 1810 g/mol. The van der Waals surface area contributed by atoms with Gasteiger partial charge in [-0.15, -0.1) is 0 Å². The van der Waals surface area contributed by atoms with Crippen molar-refractivity contribution in [2.45, 2.75) is 251 Å². The van der Waals surface area contributed by atoms with Gasteiger partial charge in [-0.1, -0.05) is 58.6 Å². The van der Waals surface area contributed by atoms with Gasteiger partial charge in [0.2, 0.25) is 5.91 Å². The molecule has 2 aromatic rings. The summed E-state index contributed by atoms with van der Waals surface area (Å²) in [5.74, 6) is -1.12. The van der Waals surface area contributed by atoms with E-state index in [1.807, 2.05) is 0 Å². The number of amides is 1. The molecule has 26 nitrogen and oxygen atoms in total. The van der Waals surface area contributed by atoms with E-state index in [-0.39, 0.29) is 45.0 Å². The number of pyridine rings is 2. The molecule has 4 bridgehead atoms. The summed E-state index contributed by atoms with van der Waals surface area (Å²) in [4.78, 5) is 34.0. The zero-order valence-corrected chi connectivity index (χ0v) is 85.0. The third kappa shape index (κ3) is 69.4. The van der Waals surface area contributed by atoms with Gasteiger partial charge < -0.3 is 117 Å². The predicted molar refractivity (Wildman–Crippen MR) is 471 cm³/mol. The monoisotopic (exact) mass is 1950 g/mol. The fraction of sp³-hybridized carbons (Fsp3) is 0.842. The molecule has 2 saturated carbocycles. The van der Waals surface area contributed by atoms with Gasteiger partial charge in [0.25, 0.3) is 0 Å². The smallest absolute Gasteiger partial charge is 0.0545 e. The number of nitrogens with two attached hydrogens (primary N) is 1. The quantitative estimate of drug-likeness (QED) is 0.0720. The maximum absolute atomic E-state index is 11.7. The van der Waals surface area contributed by atoms with Crippen molar-refractivity contribution in [2.75, 3.05) is 164 Å². The largest absolute Gasteiger partial charge is 0.314 e. The summed E-state index contributed by atoms with van der Waals surface area (Å²) in [6.07, 6.45) is 14.3. The van der Waals surface area contributed by atoms with E-state index >= 15 is 0 Å². The van der Waals surface area contributed by atoms with E-state index in [9.17, 15) is 9.59 Å². The number of carboxylic acid groups (broad SMARTS) is 1. The number of carboxylic acids is 1. The molecular formula is C76H153Cl8Mn2N23O3Zn2. The Morgan fingerprint density at radius 3 is 1.13 bits per heavy atom. The number of aliphatic carboxylic acids is 1. The van der Waals surface area contributed by atoms with Gasteiger partial charge >= 0.3 is 142 Å². The SMILES string of the molecule is CCN(CC)CC.C[C@@H]1CN[C@@H](C)CN[C@@H](CCCNC(=O)CCC(=O)O)CN[C@@H]2CCCC[C@H]2NCCN1.C[C@@H]1CN[C@@H](CCCN)CN[C@@H]2CCCC[C@H]2NCCN[C@@H](C)CN1.C[C@H]1CNCCNC[C@H](C)NCc2cccc(n2)CN1.[Cl][Mn][Cl].[Cl][Mn][Cl].[Cl][Zn][Cl].[Cl][Zn][Cl].c1cc2nc(c1)CNCCNCCNCCNC2. The molecule has 2 aliphatic carbocycles. The van der Waals surface area contributed by atoms with Crippen LogP contribution in [0.1, 0.15) is 175 Å². The number of nitrogens with one attached hydrogen (secondary N) is 19. The van der Waals surface area contributed by atoms with Crippen molar-refractivity contribution in [1.29, 1.82) is 0 Å². The summed E-state index contributed by atoms with van der Waals surface area (Å²) in [5.41, 5.74) is 10.2. The molecule has 0 spiro atoms. The standard InChI is InChI=1S/C23H46N6O3.C19H42N6.C15H27N5.C13H23N5.C6H15N.8ClH.2Mn.2Zn/c1-17-14-27-18(2)15-28-19(6-5-11-26-22(30)9-10-23(31)32)16-29-21-8-4-3-7-20(21)25-13-12-24-17;1-15-12-23-16(2)13-24-17(6-5-9-20)14-25-19-8-4-3-7-18(19)22-11-10-21-15;1-12-8-16-6-7-17-9-13(2)19-11-15-5-3-4-14(20-15)10-18-12;1-2-12-10-16-8-6-14-4-5-15-7-9-17-11-13(3-1)18-12;1-4-7(5-2)6-3;;;;;;;;;;;;/h17-21,24-25,27-29H,3-16H2,1-2H3,(H,26,30)(H,31,32);15-19,21-25H,3-14,20H2,1-2H3;3-5,12-13,16-19H,6-11H2,1-2H3;1-3,14-17H,4-11H2;4-6H2,1-3H3;8*1H;;;;/q;;;;;;;;;;;;;4*+2/p-8/t17-,18+,19+,20-,21-;15-,16+,17-,18+,19+;12-,13-;;;;;;;;;;;;;;/m100............../s1. The third-order valence-electron chi connectivity index (χ3n) is 19.9. The summed E-state index contributed by atoms with van der Waals surface area (Å²) in [6, 6.07) is 18.3. The Morgan fingerprint density at radius 2 is 0.763 bits per heavy atom. The van der Waals surface area contributed by atoms with E-state index in [1.165, 1.54) is 71.0 Å². The van der Waals surface area contributed by atoms with Crippen LogP contribution in [-0.2, 0) is 92.3 Å². The summed E-state index contributed by atoms with van der Waals surface area (Å²) in [5, 5.41) is 76.3. The van der Waals surface area contributed by atoms with E-state index in [0.29, 0.717) is 79.0 Å². The zero-order valence-electron chi connectivity index (χ0n) is 70.7. The number of nitrogens with zero attached hydrogens (tertiary/aromatic N) is 3. The minimum absolute atomic E-state index is 0.00694. The Hall–Kier alpha value is 1.05. The molecule has 0 unspecified atom stereocenters. The molecule has 4 aliphatic heterocycles. The van der Waals surface area contributed by atoms with Crippen LogP contribution >= 0.6 is 79.2 Å². The fourth-order valence-electron chi connectivity index (χ4n) is 13.4. The first kappa shape index (κ1) is 115. The van der Waals surface area contributed by atoms with Gasteiger partial charge in [0.05, 0.1) is 29.2 Å². The normalized spacial score (nSPS) is 25.7. The van der Waals surface area contributed by atoms with Gasteiger partial charge in [-0.3, -0.25) is 19.6 Å². The Kier molecular flexibility index (Phi) is 84.4. The number of fused-ring (bicyclic) bond motifs is 6. The number of halogens is 8. The Bertz CT molecular complexity index is 2400. The molecule has 4 fully saturated rings. The van der Waals surface area contributed by atoms with Crippen LogP contribution in [0, 0.1) is 0 Å². The predicted octanol–water partition coefficient (Wildman–Crippen LogP) is 6.85. The number of aromatic nitrogens is 2. The Morgan fingerprint density at radius 1 is 0.439 bits per heavy atom. The number of rotatable bonds is 13. The molecule has 0 aromatic carbocycles. The molecule has 38 heteroatoms. The van der Waals surface area contributed by atoms with Crippen molar-refractivity contribution in [1.82, 2.24) is 116 Å². The number of hydrogen-bond donors (Lipinski definition) is 21. The van der Waals surface area contributed by atoms with E-state index in [2.05, 4.69) is 215 Å². The average Bonchev–Trinajstić information content (AvgIpc) is 1.02. The first-order chi connectivity index (χ1) is 55.3. The second-order valence-corrected chi connectivity index (χ2v) is 42.7. The maximum Gasteiger partial charge on any atom is 0.0545 e. The van der Waals surface area contributed by atoms with Crippen LogP contribution in [0.3, 0.4) is 0 Å². The fourth-order valence-corrected chi connectivity index (χ4v) is 13.4. The van der Waals surface area contributed by atoms with Gasteiger partial charge in [0.15, 0.2) is 0 Å². The topological polar surface area (TPSA) is 338 Å². The van der Waals surface area contributed by atoms with Crippen molar-refractivity contribution in [3.63, 3.8) is 0 Å². The second kappa shape index (κ2) is 83.6. The van der Waals surface area contributed by atoms with Gasteiger partial charge in [0.1, 0.15) is 0 Å². The van der Waals surface area contributed by atoms with E-state index in [0.717, 1.165) is 212 Å². The molecule has 12 atom stereocenters. The van der Waals surface area contributed by atoms with E-state index < -0.39 is 36.3 Å². The van der Waals surface area contributed by atoms with Crippen LogP contribution in [0.2, 0.25) is 0 Å². The first-order valence-corrected chi connectivity index (χ1v) is 64.2. The van der Waals surface area contributed by atoms with Crippen LogP contribution in [0.5, 0.6) is 0 Å². The molecule has 0 radical (unpaired) electrons. The van der Waals surface area contributed by atoms with E-state index in [4.69, 9.17) is 90.0 Å². The molecule has 8 rings (SSSR count). The van der Waals surface area contributed by atoms with Crippen LogP contribution in [0.25, 0.3) is 0 Å². The van der Waals surface area contributed by atoms with Gasteiger partial charge in [-0.2, -0.15) is 0 Å². The molecule has 2 saturated heterocycles. The van der Waals surface area contributed by atoms with Crippen LogP contribution in [0.15, 0.2) is 36.4 Å². The summed E-state index contributed by atoms with van der Waals surface area (Å²) in [6.45, 7) is 48.1. The Balaban J connectivity index is 0.00000141. The van der Waals surface area contributed by atoms with E-state index in [1.54, 1.807) is 0 Å². The maximum atomic E-state index is 11.7. The second-order valence-electron chi connectivity index (χ2n) is 29.6. The van der Waals surface area contributed by atoms with Gasteiger partial charge in [-0.25, -0.2) is 0 Å². The minimum Gasteiger partial charge on any atom is -0.314 e. The molecule has 114 heavy (non-hydrogen) atoms. The average molecular weight is 1960 g/mol. The van der Waals surface area contributed by atoms with Gasteiger partial charge in [0, 0.05) is 243 Å². The zero-order chi connectivity index (χ0) is 84.3. The number of carbonyl (C=O) groups excluding carboxylic acids is 1. The summed E-state index contributed by atoms with van der Waals surface area (Å²) < 4.78 is 0. The number of hydrogen-bond acceptors (Lipinski definition) is 24. The first-order valence-electron chi connectivity index (χ1n) is 42.2. The molecule has 2 aromatic heterocycles. The molecule has 664 valence electrons. The van der Waals surface area contributed by atoms with Crippen molar-refractivity contribution >= 4 is 91.0 Å². The molecule has 6 heterocycles. The third-order valence-corrected chi connectivity index (χ3v) is 19.9. The van der Waals surface area contributed by atoms with Crippen molar-refractivity contribution in [3.8, 4) is 0 Å². The van der Waals surface area contributed by atoms with Crippen LogP contribution in [0.4, 0.5) is 0 Å². The van der Waals surface area contributed by atoms with Crippen molar-refractivity contribution in [3.05, 3.63) is 59.2 Å². The number of carbonyl (C=O) groups is 2. The Labute approximate surface area is 750 Å². The van der Waals surface area contributed by atoms with Crippen molar-refractivity contribution in [2.24, 2.45) is 5.73 Å². The molecule has 22 N–H and O–H groups in total. The molecule has 1 amide bonds. The summed E-state index contributed by atoms with van der Waals surface area (Å²) in [7, 11) is 39.0. The van der Waals surface area contributed by atoms with Crippen LogP contribution < -0.4 is 107 Å². The van der Waals surface area contributed by atoms with Gasteiger partial charge in [-0.05, 0) is 143 Å². The van der Waals surface area contributed by atoms with Crippen LogP contribution in [-0.4, -0.2) is 268 Å². The minimum atomic E-state index is -0.936. The molecule has 6 aliphatic rings. The summed E-state index contributed by atoms with van der Waals surface area (Å²) >= 11 is -1.85. The van der Waals surface area contributed by atoms with Crippen molar-refractivity contribution < 1.29 is 71.3 Å².